The van der Waals surface area contributed by atoms with Crippen LogP contribution >= 0.6 is 0 Å². The minimum Gasteiger partial charge on any atom is -0.469 e. The van der Waals surface area contributed by atoms with Crippen molar-refractivity contribution in [1.82, 2.24) is 10.1 Å². The van der Waals surface area contributed by atoms with E-state index in [1.165, 1.54) is 0 Å². The van der Waals surface area contributed by atoms with Crippen LogP contribution in [0.4, 0.5) is 0 Å². The molecule has 2 rings (SSSR count). The molecular formula is C12H16N2O4. The summed E-state index contributed by atoms with van der Waals surface area (Å²) in [4.78, 5) is 4.26. The first kappa shape index (κ1) is 12.8. The lowest BCUT2D eigenvalue weighted by Gasteiger charge is -2.11. The first-order valence-electron chi connectivity index (χ1n) is 5.87. The van der Waals surface area contributed by atoms with Crippen molar-refractivity contribution in [2.75, 3.05) is 13.2 Å². The van der Waals surface area contributed by atoms with Gasteiger partial charge in [-0.05, 0) is 26.8 Å². The number of aryl methyl sites for hydroxylation is 1. The van der Waals surface area contributed by atoms with Crippen LogP contribution in [0, 0.1) is 6.92 Å². The SMILES string of the molecule is CCOC(OCC)c1nc(-c2ccoc2C)no1. The van der Waals surface area contributed by atoms with Gasteiger partial charge in [-0.25, -0.2) is 0 Å². The van der Waals surface area contributed by atoms with Crippen molar-refractivity contribution in [3.8, 4) is 11.4 Å². The van der Waals surface area contributed by atoms with Gasteiger partial charge < -0.3 is 18.4 Å². The summed E-state index contributed by atoms with van der Waals surface area (Å²) in [6.07, 6.45) is 0.969. The zero-order valence-electron chi connectivity index (χ0n) is 10.7. The van der Waals surface area contributed by atoms with Crippen molar-refractivity contribution < 1.29 is 18.4 Å². The summed E-state index contributed by atoms with van der Waals surface area (Å²) >= 11 is 0. The van der Waals surface area contributed by atoms with E-state index in [-0.39, 0.29) is 0 Å². The van der Waals surface area contributed by atoms with Gasteiger partial charge in [-0.2, -0.15) is 4.98 Å². The van der Waals surface area contributed by atoms with Crippen LogP contribution in [0.5, 0.6) is 0 Å². The molecule has 0 aliphatic carbocycles. The van der Waals surface area contributed by atoms with Crippen molar-refractivity contribution in [2.45, 2.75) is 27.1 Å². The highest BCUT2D eigenvalue weighted by molar-refractivity contribution is 5.56. The largest absolute Gasteiger partial charge is 0.469 e. The summed E-state index contributed by atoms with van der Waals surface area (Å²) in [7, 11) is 0. The summed E-state index contributed by atoms with van der Waals surface area (Å²) in [6, 6.07) is 1.79. The molecule has 6 nitrogen and oxygen atoms in total. The lowest BCUT2D eigenvalue weighted by atomic mass is 10.2. The minimum absolute atomic E-state index is 0.314. The van der Waals surface area contributed by atoms with Crippen LogP contribution in [-0.2, 0) is 9.47 Å². The van der Waals surface area contributed by atoms with Crippen molar-refractivity contribution in [3.05, 3.63) is 24.0 Å². The molecule has 2 heterocycles. The van der Waals surface area contributed by atoms with Gasteiger partial charge in [0.1, 0.15) is 5.76 Å². The fraction of sp³-hybridized carbons (Fsp3) is 0.500. The van der Waals surface area contributed by atoms with E-state index in [0.717, 1.165) is 11.3 Å². The molecule has 0 fully saturated rings. The topological polar surface area (TPSA) is 70.5 Å². The monoisotopic (exact) mass is 252 g/mol. The third-order valence-corrected chi connectivity index (χ3v) is 2.38. The fourth-order valence-electron chi connectivity index (χ4n) is 1.55. The molecule has 0 spiro atoms. The zero-order valence-corrected chi connectivity index (χ0v) is 10.7. The molecule has 0 bridgehead atoms. The highest BCUT2D eigenvalue weighted by Gasteiger charge is 2.21. The Labute approximate surface area is 105 Å². The normalized spacial score (nSPS) is 11.3. The Morgan fingerprint density at radius 1 is 1.28 bits per heavy atom. The summed E-state index contributed by atoms with van der Waals surface area (Å²) in [5.74, 6) is 1.53. The smallest absolute Gasteiger partial charge is 0.283 e. The third kappa shape index (κ3) is 2.60. The molecule has 0 saturated heterocycles. The highest BCUT2D eigenvalue weighted by Crippen LogP contribution is 2.24. The number of hydrogen-bond acceptors (Lipinski definition) is 6. The van der Waals surface area contributed by atoms with Crippen molar-refractivity contribution in [1.29, 1.82) is 0 Å². The van der Waals surface area contributed by atoms with Gasteiger partial charge in [0.2, 0.25) is 12.1 Å². The summed E-state index contributed by atoms with van der Waals surface area (Å²) in [5, 5.41) is 3.90. The maximum Gasteiger partial charge on any atom is 0.283 e. The van der Waals surface area contributed by atoms with E-state index < -0.39 is 6.29 Å². The number of furan rings is 1. The van der Waals surface area contributed by atoms with E-state index in [0.29, 0.717) is 24.9 Å². The number of aromatic nitrogens is 2. The second kappa shape index (κ2) is 5.79. The van der Waals surface area contributed by atoms with E-state index >= 15 is 0 Å². The van der Waals surface area contributed by atoms with Gasteiger partial charge in [0.05, 0.1) is 11.8 Å². The quantitative estimate of drug-likeness (QED) is 0.736. The van der Waals surface area contributed by atoms with E-state index in [9.17, 15) is 0 Å². The second-order valence-electron chi connectivity index (χ2n) is 3.59. The van der Waals surface area contributed by atoms with Crippen molar-refractivity contribution in [2.24, 2.45) is 0 Å². The Kier molecular flexibility index (Phi) is 4.11. The van der Waals surface area contributed by atoms with Crippen LogP contribution in [0.1, 0.15) is 31.8 Å². The van der Waals surface area contributed by atoms with E-state index in [1.54, 1.807) is 12.3 Å². The maximum absolute atomic E-state index is 5.39. The molecule has 18 heavy (non-hydrogen) atoms. The molecule has 2 aromatic rings. The molecule has 0 N–H and O–H groups in total. The van der Waals surface area contributed by atoms with Crippen molar-refractivity contribution in [3.63, 3.8) is 0 Å². The first-order valence-corrected chi connectivity index (χ1v) is 5.87. The van der Waals surface area contributed by atoms with Crippen molar-refractivity contribution >= 4 is 0 Å². The van der Waals surface area contributed by atoms with Crippen LogP contribution in [0.25, 0.3) is 11.4 Å². The average Bonchev–Trinajstić information content (AvgIpc) is 2.97. The molecule has 98 valence electrons. The van der Waals surface area contributed by atoms with Gasteiger partial charge in [-0.15, -0.1) is 0 Å². The number of rotatable bonds is 6. The Morgan fingerprint density at radius 2 is 2.00 bits per heavy atom. The van der Waals surface area contributed by atoms with E-state index in [1.807, 2.05) is 20.8 Å². The molecule has 0 aliphatic rings. The molecule has 0 aliphatic heterocycles. The lowest BCUT2D eigenvalue weighted by molar-refractivity contribution is -0.155. The van der Waals surface area contributed by atoms with Gasteiger partial charge >= 0.3 is 0 Å². The average molecular weight is 252 g/mol. The lowest BCUT2D eigenvalue weighted by Crippen LogP contribution is -2.09. The molecule has 0 atom stereocenters. The Morgan fingerprint density at radius 3 is 2.56 bits per heavy atom. The molecule has 0 aromatic carbocycles. The second-order valence-corrected chi connectivity index (χ2v) is 3.59. The summed E-state index contributed by atoms with van der Waals surface area (Å²) in [6.45, 7) is 6.61. The van der Waals surface area contributed by atoms with Gasteiger partial charge in [0.25, 0.3) is 5.89 Å². The fourth-order valence-corrected chi connectivity index (χ4v) is 1.55. The number of nitrogens with zero attached hydrogens (tertiary/aromatic N) is 2. The molecule has 0 amide bonds. The summed E-state index contributed by atoms with van der Waals surface area (Å²) in [5.41, 5.74) is 0.803. The zero-order chi connectivity index (χ0) is 13.0. The standard InChI is InChI=1S/C12H16N2O4/c1-4-15-12(16-5-2)11-13-10(14-18-11)9-6-7-17-8(9)3/h6-7,12H,4-5H2,1-3H3. The van der Waals surface area contributed by atoms with Crippen LogP contribution in [0.15, 0.2) is 21.3 Å². The predicted molar refractivity (Wildman–Crippen MR) is 62.7 cm³/mol. The highest BCUT2D eigenvalue weighted by atomic mass is 16.7. The van der Waals surface area contributed by atoms with Gasteiger partial charge in [-0.1, -0.05) is 5.16 Å². The van der Waals surface area contributed by atoms with E-state index in [2.05, 4.69) is 10.1 Å². The van der Waals surface area contributed by atoms with Crippen LogP contribution in [0.2, 0.25) is 0 Å². The molecule has 0 radical (unpaired) electrons. The molecule has 2 aromatic heterocycles. The Bertz CT molecular complexity index is 486. The maximum atomic E-state index is 5.39. The molecule has 0 saturated carbocycles. The number of ether oxygens (including phenoxy) is 2. The van der Waals surface area contributed by atoms with Crippen LogP contribution < -0.4 is 0 Å². The number of hydrogen-bond donors (Lipinski definition) is 0. The van der Waals surface area contributed by atoms with Crippen LogP contribution in [-0.4, -0.2) is 23.4 Å². The summed E-state index contributed by atoms with van der Waals surface area (Å²) < 4.78 is 21.1. The predicted octanol–water partition coefficient (Wildman–Crippen LogP) is 2.71. The minimum atomic E-state index is -0.617. The van der Waals surface area contributed by atoms with Crippen LogP contribution in [0.3, 0.4) is 0 Å². The van der Waals surface area contributed by atoms with Gasteiger partial charge in [0, 0.05) is 13.2 Å². The molecule has 0 unspecified atom stereocenters. The Hall–Kier alpha value is -1.66. The Balaban J connectivity index is 2.21. The van der Waals surface area contributed by atoms with Gasteiger partial charge in [-0.3, -0.25) is 0 Å². The van der Waals surface area contributed by atoms with E-state index in [4.69, 9.17) is 18.4 Å². The molecule has 6 heteroatoms. The third-order valence-electron chi connectivity index (χ3n) is 2.38. The van der Waals surface area contributed by atoms with Gasteiger partial charge in [0.15, 0.2) is 0 Å². The first-order chi connectivity index (χ1) is 8.76. The molecular weight excluding hydrogens is 236 g/mol.